The molecular formula is C35H31N2O4PS. The van der Waals surface area contributed by atoms with Crippen molar-refractivity contribution >= 4 is 58.1 Å². The minimum atomic E-state index is -2.44. The minimum Gasteiger partial charge on any atom is -0.464 e. The number of hydrogen-bond acceptors (Lipinski definition) is 5. The van der Waals surface area contributed by atoms with Crippen LogP contribution in [0.1, 0.15) is 5.56 Å². The highest BCUT2D eigenvalue weighted by Crippen LogP contribution is 2.47. The summed E-state index contributed by atoms with van der Waals surface area (Å²) in [5.74, 6) is 1.60. The smallest absolute Gasteiger partial charge is 0.355 e. The zero-order valence-electron chi connectivity index (χ0n) is 23.6. The number of rotatable bonds is 8. The van der Waals surface area contributed by atoms with Crippen LogP contribution in [0.25, 0.3) is 0 Å². The molecule has 2 aliphatic rings. The maximum absolute atomic E-state index is 13.6. The molecule has 0 saturated carbocycles. The van der Waals surface area contributed by atoms with Gasteiger partial charge in [-0.1, -0.05) is 121 Å². The maximum atomic E-state index is 13.6. The first-order valence-corrected chi connectivity index (χ1v) is 16.9. The summed E-state index contributed by atoms with van der Waals surface area (Å²) >= 11 is 1.55. The molecular weight excluding hydrogens is 575 g/mol. The van der Waals surface area contributed by atoms with Crippen molar-refractivity contribution in [3.05, 3.63) is 138 Å². The summed E-state index contributed by atoms with van der Waals surface area (Å²) in [6.45, 7) is -2.44. The Labute approximate surface area is 255 Å². The second kappa shape index (κ2) is 12.5. The number of nitrogens with one attached hydrogen (secondary N) is 1. The molecule has 2 atom stereocenters. The van der Waals surface area contributed by atoms with Crippen LogP contribution in [0.3, 0.4) is 0 Å². The average Bonchev–Trinajstić information content (AvgIpc) is 3.07. The molecule has 4 aromatic carbocycles. The number of β-lactam (4-membered cyclic amide) rings is 1. The molecule has 2 unspecified atom stereocenters. The molecule has 0 aromatic heterocycles. The lowest BCUT2D eigenvalue weighted by Gasteiger charge is -2.49. The normalized spacial score (nSPS) is 17.9. The standard InChI is InChI=1S/C35H31N2O4PS/c1-41-35(40)32-26(24-43-34-31(33(39)37(32)34)36-30(38)22-25-14-6-2-7-15-25)23-42(27-16-8-3-9-17-27,28-18-10-4-11-19-28)29-20-12-5-13-21-29/h2-21,23,31,34H,22,24H2,1H3,(H,36,38). The van der Waals surface area contributed by atoms with E-state index in [2.05, 4.69) is 47.5 Å². The van der Waals surface area contributed by atoms with Crippen molar-refractivity contribution in [2.45, 2.75) is 17.8 Å². The van der Waals surface area contributed by atoms with E-state index in [-0.39, 0.29) is 23.9 Å². The van der Waals surface area contributed by atoms with E-state index in [1.807, 2.05) is 84.9 Å². The van der Waals surface area contributed by atoms with Gasteiger partial charge in [-0.15, -0.1) is 11.8 Å². The van der Waals surface area contributed by atoms with Gasteiger partial charge in [0.2, 0.25) is 5.91 Å². The van der Waals surface area contributed by atoms with Crippen molar-refractivity contribution in [2.75, 3.05) is 12.9 Å². The Bertz CT molecular complexity index is 1620. The third kappa shape index (κ3) is 5.47. The average molecular weight is 607 g/mol. The van der Waals surface area contributed by atoms with Gasteiger partial charge in [0, 0.05) is 5.75 Å². The molecule has 0 aliphatic carbocycles. The van der Waals surface area contributed by atoms with Crippen LogP contribution < -0.4 is 21.2 Å². The number of hydrogen-bond donors (Lipinski definition) is 1. The molecule has 1 saturated heterocycles. The van der Waals surface area contributed by atoms with Crippen LogP contribution in [0, 0.1) is 0 Å². The molecule has 0 bridgehead atoms. The first kappa shape index (κ1) is 28.8. The Balaban J connectivity index is 1.46. The fourth-order valence-electron chi connectivity index (χ4n) is 5.73. The molecule has 0 spiro atoms. The molecule has 4 aromatic rings. The summed E-state index contributed by atoms with van der Waals surface area (Å²) in [7, 11) is 1.33. The molecule has 6 rings (SSSR count). The number of fused-ring (bicyclic) bond motifs is 1. The molecule has 8 heteroatoms. The highest BCUT2D eigenvalue weighted by atomic mass is 32.2. The third-order valence-electron chi connectivity index (χ3n) is 7.74. The van der Waals surface area contributed by atoms with Crippen LogP contribution in [-0.2, 0) is 25.5 Å². The van der Waals surface area contributed by atoms with Crippen molar-refractivity contribution in [3.8, 4) is 0 Å². The van der Waals surface area contributed by atoms with Crippen LogP contribution in [0.2, 0.25) is 0 Å². The van der Waals surface area contributed by atoms with E-state index in [9.17, 15) is 14.4 Å². The lowest BCUT2D eigenvalue weighted by molar-refractivity contribution is -0.151. The second-order valence-electron chi connectivity index (χ2n) is 10.3. The van der Waals surface area contributed by atoms with Crippen LogP contribution in [0.5, 0.6) is 0 Å². The van der Waals surface area contributed by atoms with Crippen LogP contribution in [0.4, 0.5) is 0 Å². The van der Waals surface area contributed by atoms with E-state index >= 15 is 0 Å². The third-order valence-corrected chi connectivity index (χ3v) is 13.1. The van der Waals surface area contributed by atoms with Gasteiger partial charge in [0.05, 0.1) is 13.5 Å². The molecule has 43 heavy (non-hydrogen) atoms. The molecule has 6 nitrogen and oxygen atoms in total. The van der Waals surface area contributed by atoms with Crippen LogP contribution in [0.15, 0.2) is 133 Å². The van der Waals surface area contributed by atoms with Crippen molar-refractivity contribution < 1.29 is 19.1 Å². The molecule has 2 heterocycles. The Morgan fingerprint density at radius 3 is 1.81 bits per heavy atom. The fourth-order valence-corrected chi connectivity index (χ4v) is 11.1. The summed E-state index contributed by atoms with van der Waals surface area (Å²) in [5.41, 5.74) is 1.87. The quantitative estimate of drug-likeness (QED) is 0.187. The van der Waals surface area contributed by atoms with Crippen molar-refractivity contribution in [2.24, 2.45) is 0 Å². The van der Waals surface area contributed by atoms with E-state index in [0.29, 0.717) is 5.75 Å². The predicted octanol–water partition coefficient (Wildman–Crippen LogP) is 3.85. The Hall–Kier alpha value is -4.32. The van der Waals surface area contributed by atoms with Gasteiger partial charge in [-0.25, -0.2) is 4.79 Å². The topological polar surface area (TPSA) is 75.7 Å². The SMILES string of the molecule is COC(=O)C1=C(C=P(c2ccccc2)(c2ccccc2)c2ccccc2)CSC2C(NC(=O)Cc3ccccc3)C(=O)N12. The summed E-state index contributed by atoms with van der Waals surface area (Å²) in [5, 5.41) is 5.92. The Morgan fingerprint density at radius 1 is 0.837 bits per heavy atom. The van der Waals surface area contributed by atoms with E-state index in [1.54, 1.807) is 11.8 Å². The lowest BCUT2D eigenvalue weighted by Crippen LogP contribution is -2.70. The van der Waals surface area contributed by atoms with Gasteiger partial charge in [-0.05, 0) is 39.7 Å². The van der Waals surface area contributed by atoms with Gasteiger partial charge in [0.1, 0.15) is 17.1 Å². The molecule has 0 radical (unpaired) electrons. The van der Waals surface area contributed by atoms with E-state index in [0.717, 1.165) is 27.1 Å². The number of ether oxygens (including phenoxy) is 1. The van der Waals surface area contributed by atoms with Crippen molar-refractivity contribution in [3.63, 3.8) is 0 Å². The maximum Gasteiger partial charge on any atom is 0.355 e. The Morgan fingerprint density at radius 2 is 1.33 bits per heavy atom. The highest BCUT2D eigenvalue weighted by molar-refractivity contribution is 8.00. The summed E-state index contributed by atoms with van der Waals surface area (Å²) in [6.07, 6.45) is 0.180. The number of esters is 1. The Kier molecular flexibility index (Phi) is 8.37. The van der Waals surface area contributed by atoms with E-state index in [4.69, 9.17) is 4.74 Å². The number of nitrogens with zero attached hydrogens (tertiary/aromatic N) is 1. The van der Waals surface area contributed by atoms with Gasteiger partial charge in [0.15, 0.2) is 0 Å². The highest BCUT2D eigenvalue weighted by Gasteiger charge is 2.54. The molecule has 2 amide bonds. The van der Waals surface area contributed by atoms with Crippen molar-refractivity contribution in [1.29, 1.82) is 0 Å². The molecule has 2 aliphatic heterocycles. The monoisotopic (exact) mass is 606 g/mol. The van der Waals surface area contributed by atoms with Gasteiger partial charge in [-0.3, -0.25) is 14.5 Å². The first-order valence-electron chi connectivity index (χ1n) is 14.0. The fraction of sp³-hybridized carbons (Fsp3) is 0.143. The van der Waals surface area contributed by atoms with Gasteiger partial charge < -0.3 is 10.1 Å². The summed E-state index contributed by atoms with van der Waals surface area (Å²) < 4.78 is 5.25. The molecule has 216 valence electrons. The second-order valence-corrected chi connectivity index (χ2v) is 14.7. The largest absolute Gasteiger partial charge is 0.464 e. The number of amides is 2. The zero-order chi connectivity index (χ0) is 29.8. The van der Waals surface area contributed by atoms with E-state index < -0.39 is 24.3 Å². The zero-order valence-corrected chi connectivity index (χ0v) is 25.3. The summed E-state index contributed by atoms with van der Waals surface area (Å²) in [4.78, 5) is 41.3. The number of methoxy groups -OCH3 is 1. The van der Waals surface area contributed by atoms with Crippen LogP contribution >= 0.6 is 18.6 Å². The number of carbonyl (C=O) groups is 3. The number of carbonyl (C=O) groups excluding carboxylic acids is 3. The predicted molar refractivity (Wildman–Crippen MR) is 175 cm³/mol. The summed E-state index contributed by atoms with van der Waals surface area (Å²) in [6, 6.07) is 39.7. The van der Waals surface area contributed by atoms with Gasteiger partial charge in [-0.2, -0.15) is 0 Å². The lowest BCUT2D eigenvalue weighted by atomic mass is 10.0. The van der Waals surface area contributed by atoms with E-state index in [1.165, 1.54) is 12.0 Å². The molecule has 1 fully saturated rings. The minimum absolute atomic E-state index is 0.180. The van der Waals surface area contributed by atoms with Crippen LogP contribution in [-0.4, -0.2) is 52.8 Å². The number of thioether (sulfide) groups is 1. The van der Waals surface area contributed by atoms with Gasteiger partial charge in [0.25, 0.3) is 5.91 Å². The number of benzene rings is 4. The molecule has 1 N–H and O–H groups in total. The van der Waals surface area contributed by atoms with Crippen molar-refractivity contribution in [1.82, 2.24) is 10.2 Å². The first-order chi connectivity index (χ1) is 21.0. The van der Waals surface area contributed by atoms with Gasteiger partial charge >= 0.3 is 5.97 Å².